The van der Waals surface area contributed by atoms with Crippen molar-refractivity contribution in [2.45, 2.75) is 0 Å². The molecule has 0 fully saturated rings. The number of hydrogen-bond acceptors (Lipinski definition) is 5. The molecule has 0 aliphatic rings. The molecule has 0 saturated heterocycles. The Morgan fingerprint density at radius 2 is 1.85 bits per heavy atom. The minimum Gasteiger partial charge on any atom is -0.480 e. The highest BCUT2D eigenvalue weighted by Crippen LogP contribution is 2.13. The molecule has 0 aliphatic carbocycles. The molecular formula is C11H14N2O6S. The van der Waals surface area contributed by atoms with Gasteiger partial charge in [0.2, 0.25) is 0 Å². The first kappa shape index (κ1) is 15.9. The van der Waals surface area contributed by atoms with Crippen molar-refractivity contribution in [2.75, 3.05) is 25.4 Å². The number of nitrogens with zero attached hydrogens (tertiary/aromatic N) is 1. The van der Waals surface area contributed by atoms with E-state index in [0.29, 0.717) is 4.31 Å². The van der Waals surface area contributed by atoms with Crippen molar-refractivity contribution in [1.82, 2.24) is 4.31 Å². The number of carboxylic acids is 1. The summed E-state index contributed by atoms with van der Waals surface area (Å²) in [6, 6.07) is 5.53. The van der Waals surface area contributed by atoms with Crippen LogP contribution >= 0.6 is 0 Å². The summed E-state index contributed by atoms with van der Waals surface area (Å²) in [6.07, 6.45) is 0. The molecule has 0 unspecified atom stereocenters. The molecule has 0 spiro atoms. The third-order valence-corrected chi connectivity index (χ3v) is 3.76. The Labute approximate surface area is 116 Å². The van der Waals surface area contributed by atoms with Gasteiger partial charge >= 0.3 is 22.1 Å². The number of carbonyl (C=O) groups excluding carboxylic acids is 1. The third-order valence-electron chi connectivity index (χ3n) is 2.32. The van der Waals surface area contributed by atoms with E-state index < -0.39 is 28.7 Å². The van der Waals surface area contributed by atoms with Crippen LogP contribution in [-0.4, -0.2) is 50.5 Å². The predicted molar refractivity (Wildman–Crippen MR) is 70.6 cm³/mol. The van der Waals surface area contributed by atoms with E-state index in [1.165, 1.54) is 31.4 Å². The van der Waals surface area contributed by atoms with Crippen LogP contribution in [0.1, 0.15) is 10.4 Å². The largest absolute Gasteiger partial charge is 0.480 e. The van der Waals surface area contributed by atoms with E-state index in [9.17, 15) is 18.0 Å². The van der Waals surface area contributed by atoms with Crippen LogP contribution in [0.2, 0.25) is 0 Å². The second-order valence-corrected chi connectivity index (χ2v) is 5.60. The fraction of sp³-hybridized carbons (Fsp3) is 0.273. The molecule has 1 rings (SSSR count). The van der Waals surface area contributed by atoms with Crippen molar-refractivity contribution in [3.8, 4) is 0 Å². The van der Waals surface area contributed by atoms with Gasteiger partial charge in [-0.15, -0.1) is 0 Å². The number of hydrogen-bond donors (Lipinski definition) is 2. The van der Waals surface area contributed by atoms with Gasteiger partial charge in [-0.25, -0.2) is 4.79 Å². The van der Waals surface area contributed by atoms with E-state index in [2.05, 4.69) is 9.46 Å². The molecule has 20 heavy (non-hydrogen) atoms. The summed E-state index contributed by atoms with van der Waals surface area (Å²) in [5.41, 5.74) is 0.476. The third kappa shape index (κ3) is 4.21. The zero-order chi connectivity index (χ0) is 15.3. The van der Waals surface area contributed by atoms with E-state index >= 15 is 0 Å². The topological polar surface area (TPSA) is 113 Å². The van der Waals surface area contributed by atoms with Gasteiger partial charge < -0.3 is 9.84 Å². The number of rotatable bonds is 6. The Morgan fingerprint density at radius 1 is 1.30 bits per heavy atom. The summed E-state index contributed by atoms with van der Waals surface area (Å²) in [7, 11) is -1.59. The summed E-state index contributed by atoms with van der Waals surface area (Å²) in [5, 5.41) is 8.55. The maximum atomic E-state index is 11.8. The van der Waals surface area contributed by atoms with Gasteiger partial charge in [0.25, 0.3) is 0 Å². The van der Waals surface area contributed by atoms with Crippen LogP contribution in [0, 0.1) is 0 Å². The van der Waals surface area contributed by atoms with Crippen LogP contribution in [0.5, 0.6) is 0 Å². The average molecular weight is 302 g/mol. The SMILES string of the molecule is COC(=O)c1ccc(NS(=O)(=O)N(C)CC(=O)O)cc1. The molecule has 0 amide bonds. The number of carbonyl (C=O) groups is 2. The number of esters is 1. The van der Waals surface area contributed by atoms with Crippen LogP contribution < -0.4 is 4.72 Å². The maximum Gasteiger partial charge on any atom is 0.337 e. The zero-order valence-corrected chi connectivity index (χ0v) is 11.7. The summed E-state index contributed by atoms with van der Waals surface area (Å²) >= 11 is 0. The first-order valence-electron chi connectivity index (χ1n) is 5.40. The molecule has 0 aromatic heterocycles. The second-order valence-electron chi connectivity index (χ2n) is 3.83. The molecule has 0 aliphatic heterocycles. The summed E-state index contributed by atoms with van der Waals surface area (Å²) in [6.45, 7) is -0.657. The molecule has 1 aromatic rings. The predicted octanol–water partition coefficient (Wildman–Crippen LogP) is 0.146. The highest BCUT2D eigenvalue weighted by Gasteiger charge is 2.20. The molecule has 0 heterocycles. The van der Waals surface area contributed by atoms with Crippen LogP contribution in [0.25, 0.3) is 0 Å². The Balaban J connectivity index is 2.82. The second kappa shape index (κ2) is 6.35. The number of methoxy groups -OCH3 is 1. The monoisotopic (exact) mass is 302 g/mol. The van der Waals surface area contributed by atoms with E-state index in [1.54, 1.807) is 0 Å². The maximum absolute atomic E-state index is 11.8. The molecule has 0 bridgehead atoms. The molecular weight excluding hydrogens is 288 g/mol. The lowest BCUT2D eigenvalue weighted by atomic mass is 10.2. The van der Waals surface area contributed by atoms with Crippen molar-refractivity contribution < 1.29 is 27.9 Å². The molecule has 1 aromatic carbocycles. The van der Waals surface area contributed by atoms with Crippen LogP contribution in [0.3, 0.4) is 0 Å². The highest BCUT2D eigenvalue weighted by molar-refractivity contribution is 7.90. The lowest BCUT2D eigenvalue weighted by Crippen LogP contribution is -2.36. The average Bonchev–Trinajstić information content (AvgIpc) is 2.37. The molecule has 9 heteroatoms. The molecule has 2 N–H and O–H groups in total. The van der Waals surface area contributed by atoms with Gasteiger partial charge in [-0.2, -0.15) is 12.7 Å². The number of likely N-dealkylation sites (N-methyl/N-ethyl adjacent to an activating group) is 1. The Bertz CT molecular complexity index is 596. The molecule has 0 radical (unpaired) electrons. The van der Waals surface area contributed by atoms with Gasteiger partial charge in [0.1, 0.15) is 6.54 Å². The minimum atomic E-state index is -3.96. The van der Waals surface area contributed by atoms with Gasteiger partial charge in [0, 0.05) is 12.7 Å². The lowest BCUT2D eigenvalue weighted by molar-refractivity contribution is -0.137. The first-order chi connectivity index (χ1) is 9.26. The number of ether oxygens (including phenoxy) is 1. The van der Waals surface area contributed by atoms with Gasteiger partial charge in [-0.3, -0.25) is 9.52 Å². The van der Waals surface area contributed by atoms with Crippen molar-refractivity contribution in [1.29, 1.82) is 0 Å². The van der Waals surface area contributed by atoms with Gasteiger partial charge in [-0.05, 0) is 24.3 Å². The van der Waals surface area contributed by atoms with Gasteiger partial charge in [-0.1, -0.05) is 0 Å². The standard InChI is InChI=1S/C11H14N2O6S/c1-13(7-10(14)15)20(17,18)12-9-5-3-8(4-6-9)11(16)19-2/h3-6,12H,7H2,1-2H3,(H,14,15). The summed E-state index contributed by atoms with van der Waals surface area (Å²) in [5.74, 6) is -1.80. The van der Waals surface area contributed by atoms with Gasteiger partial charge in [0.15, 0.2) is 0 Å². The van der Waals surface area contributed by atoms with Crippen molar-refractivity contribution in [3.63, 3.8) is 0 Å². The Morgan fingerprint density at radius 3 is 2.30 bits per heavy atom. The molecule has 0 saturated carbocycles. The highest BCUT2D eigenvalue weighted by atomic mass is 32.2. The first-order valence-corrected chi connectivity index (χ1v) is 6.84. The van der Waals surface area contributed by atoms with E-state index in [0.717, 1.165) is 7.05 Å². The molecule has 110 valence electrons. The van der Waals surface area contributed by atoms with E-state index in [4.69, 9.17) is 5.11 Å². The minimum absolute atomic E-state index is 0.204. The zero-order valence-electron chi connectivity index (χ0n) is 10.9. The summed E-state index contributed by atoms with van der Waals surface area (Å²) in [4.78, 5) is 21.7. The number of benzene rings is 1. The van der Waals surface area contributed by atoms with Crippen LogP contribution in [0.15, 0.2) is 24.3 Å². The number of anilines is 1. The van der Waals surface area contributed by atoms with Gasteiger partial charge in [0.05, 0.1) is 12.7 Å². The smallest absolute Gasteiger partial charge is 0.337 e. The normalized spacial score (nSPS) is 11.2. The van der Waals surface area contributed by atoms with Crippen molar-refractivity contribution >= 4 is 27.8 Å². The van der Waals surface area contributed by atoms with Crippen LogP contribution in [0.4, 0.5) is 5.69 Å². The lowest BCUT2D eigenvalue weighted by Gasteiger charge is -2.16. The fourth-order valence-electron chi connectivity index (χ4n) is 1.29. The van der Waals surface area contributed by atoms with Crippen LogP contribution in [-0.2, 0) is 19.7 Å². The Kier molecular flexibility index (Phi) is 5.06. The molecule has 0 atom stereocenters. The number of aliphatic carboxylic acids is 1. The Hall–Kier alpha value is -2.13. The fourth-order valence-corrected chi connectivity index (χ4v) is 2.16. The van der Waals surface area contributed by atoms with E-state index in [-0.39, 0.29) is 11.3 Å². The quantitative estimate of drug-likeness (QED) is 0.723. The van der Waals surface area contributed by atoms with Crippen molar-refractivity contribution in [2.24, 2.45) is 0 Å². The number of nitrogens with one attached hydrogen (secondary N) is 1. The van der Waals surface area contributed by atoms with Crippen molar-refractivity contribution in [3.05, 3.63) is 29.8 Å². The summed E-state index contributed by atoms with van der Waals surface area (Å²) < 4.78 is 30.9. The van der Waals surface area contributed by atoms with E-state index in [1.807, 2.05) is 0 Å². The molecule has 8 nitrogen and oxygen atoms in total. The number of carboxylic acid groups (broad SMARTS) is 1.